The van der Waals surface area contributed by atoms with Crippen molar-refractivity contribution in [1.29, 1.82) is 0 Å². The minimum absolute atomic E-state index is 0. The van der Waals surface area contributed by atoms with Gasteiger partial charge in [-0.2, -0.15) is 0 Å². The third kappa shape index (κ3) is 12.8. The molecule has 0 radical (unpaired) electrons. The quantitative estimate of drug-likeness (QED) is 0.0760. The molecular weight excluding hydrogens is 1390 g/mol. The molecule has 26 heteroatoms. The van der Waals surface area contributed by atoms with Crippen LogP contribution in [0, 0.1) is 48.4 Å². The zero-order valence-electron chi connectivity index (χ0n) is 56.7. The number of carbonyl (C=O) groups excluding carboxylic acids is 4. The number of amides is 3. The molecule has 22 nitrogen and oxygen atoms in total. The lowest BCUT2D eigenvalue weighted by Gasteiger charge is -2.31. The number of imide groups is 1. The average Bonchev–Trinajstić information content (AvgIpc) is 1.37. The van der Waals surface area contributed by atoms with Gasteiger partial charge in [0.1, 0.15) is 60.1 Å². The van der Waals surface area contributed by atoms with Crippen LogP contribution in [0.1, 0.15) is 187 Å². The molecule has 3 aliphatic heterocycles. The van der Waals surface area contributed by atoms with E-state index >= 15 is 0 Å². The zero-order chi connectivity index (χ0) is 73.6. The fourth-order valence-electron chi connectivity index (χ4n) is 14.6. The predicted octanol–water partition coefficient (Wildman–Crippen LogP) is 7.49. The molecular formula is C76H79N3O19S4-4. The first kappa shape index (κ1) is 77.4. The van der Waals surface area contributed by atoms with Gasteiger partial charge in [-0.15, -0.1) is 17.9 Å². The molecule has 6 aromatic carbocycles. The first-order valence-corrected chi connectivity index (χ1v) is 37.6. The van der Waals surface area contributed by atoms with Crippen molar-refractivity contribution in [2.45, 2.75) is 165 Å². The second-order valence-corrected chi connectivity index (χ2v) is 33.8. The highest BCUT2D eigenvalue weighted by Gasteiger charge is 2.47. The summed E-state index contributed by atoms with van der Waals surface area (Å²) in [6.07, 6.45) is 13.7. The van der Waals surface area contributed by atoms with Crippen LogP contribution in [0.25, 0.3) is 23.3 Å². The summed E-state index contributed by atoms with van der Waals surface area (Å²) in [6, 6.07) is 19.2. The van der Waals surface area contributed by atoms with Gasteiger partial charge in [-0.05, 0) is 162 Å². The predicted molar refractivity (Wildman–Crippen MR) is 376 cm³/mol. The van der Waals surface area contributed by atoms with E-state index < -0.39 is 111 Å². The van der Waals surface area contributed by atoms with Crippen molar-refractivity contribution in [1.82, 2.24) is 10.4 Å². The van der Waals surface area contributed by atoms with Crippen molar-refractivity contribution in [3.63, 3.8) is 0 Å². The van der Waals surface area contributed by atoms with Crippen LogP contribution < -0.4 is 41.4 Å². The molecule has 1 fully saturated rings. The fraction of sp³-hybridized carbons (Fsp3) is 0.368. The molecule has 7 aliphatic rings. The SMILES string of the molecule is C.C.C#CCN.C#CCNC(=O)c1ccc(C2=c3cc4c(c(S(=O)(=O)[O-])c3Oc3c2cc2c(c3S(=O)(=O)[O-])CC(C)C2(C)C)=CC(C)C4(C)C)cc1.CC1C=c2c(cc3c(c2S(=O)(=O)[O-])Oc2c(cc4c(c2S(=O)(=O)[O-])CC(C)C4(C)C)C=3c2ccc(C(=O)ON3C(=O)CCC3=O)cc2)C1(C)C. The molecule has 0 bridgehead atoms. The number of fused-ring (bicyclic) bond motifs is 8. The van der Waals surface area contributed by atoms with E-state index in [4.69, 9.17) is 26.5 Å². The second-order valence-electron chi connectivity index (χ2n) is 28.5. The van der Waals surface area contributed by atoms with Gasteiger partial charge in [0.25, 0.3) is 17.7 Å². The highest BCUT2D eigenvalue weighted by atomic mass is 32.2. The van der Waals surface area contributed by atoms with Crippen molar-refractivity contribution in [2.24, 2.45) is 29.4 Å². The molecule has 0 aromatic heterocycles. The minimum atomic E-state index is -5.25. The van der Waals surface area contributed by atoms with Gasteiger partial charge in [0, 0.05) is 51.1 Å². The molecule has 3 amide bonds. The Bertz CT molecular complexity index is 5490. The van der Waals surface area contributed by atoms with Crippen LogP contribution in [-0.2, 0) is 89.4 Å². The van der Waals surface area contributed by atoms with E-state index in [1.54, 1.807) is 54.6 Å². The molecule has 102 heavy (non-hydrogen) atoms. The third-order valence-electron chi connectivity index (χ3n) is 21.6. The van der Waals surface area contributed by atoms with Crippen LogP contribution in [0.3, 0.4) is 0 Å². The topological polar surface area (TPSA) is 366 Å². The molecule has 1 saturated heterocycles. The number of nitrogens with one attached hydrogen (secondary N) is 1. The third-order valence-corrected chi connectivity index (χ3v) is 25.3. The maximum Gasteiger partial charge on any atom is 0.363 e. The highest BCUT2D eigenvalue weighted by Crippen LogP contribution is 2.55. The van der Waals surface area contributed by atoms with E-state index in [1.807, 2.05) is 89.2 Å². The molecule has 540 valence electrons. The molecule has 3 heterocycles. The van der Waals surface area contributed by atoms with Gasteiger partial charge in [0.15, 0.2) is 23.0 Å². The van der Waals surface area contributed by atoms with Gasteiger partial charge in [0.2, 0.25) is 0 Å². The number of rotatable bonds is 10. The summed E-state index contributed by atoms with van der Waals surface area (Å²) in [5, 5.41) is 3.84. The number of nitrogens with two attached hydrogens (primary N) is 1. The maximum atomic E-state index is 13.1. The lowest BCUT2D eigenvalue weighted by atomic mass is 9.77. The van der Waals surface area contributed by atoms with Crippen molar-refractivity contribution >= 4 is 87.5 Å². The highest BCUT2D eigenvalue weighted by molar-refractivity contribution is 7.86. The number of hydrogen-bond donors (Lipinski definition) is 2. The molecule has 13 rings (SSSR count). The zero-order valence-corrected chi connectivity index (χ0v) is 60.0. The van der Waals surface area contributed by atoms with Crippen LogP contribution in [-0.4, -0.2) is 93.7 Å². The monoisotopic (exact) mass is 1470 g/mol. The van der Waals surface area contributed by atoms with Gasteiger partial charge >= 0.3 is 5.97 Å². The lowest BCUT2D eigenvalue weighted by Crippen LogP contribution is -2.32. The van der Waals surface area contributed by atoms with Gasteiger partial charge in [-0.25, -0.2) is 38.5 Å². The Kier molecular flexibility index (Phi) is 20.1. The maximum absolute atomic E-state index is 13.1. The molecule has 4 unspecified atom stereocenters. The van der Waals surface area contributed by atoms with Crippen LogP contribution in [0.4, 0.5) is 0 Å². The van der Waals surface area contributed by atoms with Gasteiger partial charge < -0.3 is 43.6 Å². The van der Waals surface area contributed by atoms with E-state index in [9.17, 15) is 71.1 Å². The Hall–Kier alpha value is -8.80. The molecule has 3 N–H and O–H groups in total. The molecule has 4 atom stereocenters. The Balaban J connectivity index is 0.000000222. The smallest absolute Gasteiger partial charge is 0.363 e. The molecule has 0 spiro atoms. The lowest BCUT2D eigenvalue weighted by molar-refractivity contribution is -0.172. The number of hydrogen-bond acceptors (Lipinski definition) is 20. The number of ether oxygens (including phenoxy) is 2. The first-order chi connectivity index (χ1) is 46.3. The average molecular weight is 1470 g/mol. The summed E-state index contributed by atoms with van der Waals surface area (Å²) < 4.78 is 169. The minimum Gasteiger partial charge on any atom is -0.744 e. The van der Waals surface area contributed by atoms with Gasteiger partial charge in [-0.1, -0.05) is 146 Å². The Morgan fingerprint density at radius 2 is 0.902 bits per heavy atom. The summed E-state index contributed by atoms with van der Waals surface area (Å²) in [6.45, 7) is 23.7. The molecule has 4 aliphatic carbocycles. The number of nitrogens with zero attached hydrogens (tertiary/aromatic N) is 1. The van der Waals surface area contributed by atoms with E-state index in [1.165, 1.54) is 24.3 Å². The summed E-state index contributed by atoms with van der Waals surface area (Å²) in [5.41, 5.74) is 7.84. The van der Waals surface area contributed by atoms with Crippen LogP contribution in [0.2, 0.25) is 0 Å². The Morgan fingerprint density at radius 1 is 0.549 bits per heavy atom. The van der Waals surface area contributed by atoms with Crippen molar-refractivity contribution in [2.75, 3.05) is 13.1 Å². The van der Waals surface area contributed by atoms with Crippen LogP contribution >= 0.6 is 0 Å². The van der Waals surface area contributed by atoms with Crippen LogP contribution in [0.15, 0.2) is 92.4 Å². The summed E-state index contributed by atoms with van der Waals surface area (Å²) in [4.78, 5) is 52.2. The number of benzene rings is 6. The Labute approximate surface area is 595 Å². The van der Waals surface area contributed by atoms with E-state index in [0.717, 1.165) is 0 Å². The Morgan fingerprint density at radius 3 is 1.24 bits per heavy atom. The van der Waals surface area contributed by atoms with E-state index in [2.05, 4.69) is 23.6 Å². The largest absolute Gasteiger partial charge is 0.744 e. The van der Waals surface area contributed by atoms with Crippen molar-refractivity contribution < 1.29 is 85.4 Å². The summed E-state index contributed by atoms with van der Waals surface area (Å²) >= 11 is 0. The van der Waals surface area contributed by atoms with Crippen molar-refractivity contribution in [3.8, 4) is 47.7 Å². The summed E-state index contributed by atoms with van der Waals surface area (Å²) in [7, 11) is -20.8. The first-order valence-electron chi connectivity index (χ1n) is 32.0. The number of terminal acetylenes is 2. The van der Waals surface area contributed by atoms with Gasteiger partial charge in [-0.3, -0.25) is 14.4 Å². The van der Waals surface area contributed by atoms with Crippen LogP contribution in [0.5, 0.6) is 23.0 Å². The van der Waals surface area contributed by atoms with Gasteiger partial charge in [0.05, 0.1) is 18.7 Å². The number of hydroxylamine groups is 2. The van der Waals surface area contributed by atoms with Crippen molar-refractivity contribution in [3.05, 3.63) is 160 Å². The summed E-state index contributed by atoms with van der Waals surface area (Å²) in [5.74, 6) is 0.00450. The fourth-order valence-corrected chi connectivity index (χ4v) is 18.0. The molecule has 6 aromatic rings. The standard InChI is InChI=1S/C36H35NO11S2.C35H35NO8S2.C3H5N.2CH4/c1-17-13-21-25(35(17,3)4)15-23-29(19-7-9-20(10-8-19)34(40)48-37-27(38)11-12-28(37)39)24-16-26-22(14-18(2)36(26,5)6)33(50(44,45)46)31(24)47-30(23)32(21)49(41,42)43;1-8-13-36-33(37)21-11-9-20(10-12-21)28-24-16-26-22(14-18(2)34(26,4)5)31(45(38,39)40)29(24)44-30-25(28)17-27-23(32(30)46(41,42)43)15-19(3)35(27,6)7;1-2-3-4;;/h7-10,13,15-18H,11-12,14H2,1-6H3,(H,41,42,43)(H,44,45,46);1,9-12,14,16-19H,13,15H2,2-7H3,(H,36,37)(H,38,39,40)(H,41,42,43);1H,3-4H2;2*1H4/p-4. The van der Waals surface area contributed by atoms with E-state index in [-0.39, 0.29) is 137 Å². The number of carbonyl (C=O) groups is 4. The normalized spacial score (nSPS) is 20.0. The molecule has 0 saturated carbocycles. The van der Waals surface area contributed by atoms with E-state index in [0.29, 0.717) is 61.7 Å². The second kappa shape index (κ2) is 26.5.